The van der Waals surface area contributed by atoms with E-state index in [1.807, 2.05) is 0 Å². The number of nitrogens with one attached hydrogen (secondary N) is 1. The van der Waals surface area contributed by atoms with E-state index in [9.17, 15) is 0 Å². The Morgan fingerprint density at radius 1 is 1.14 bits per heavy atom. The molecular weight excluding hydrogens is 174 g/mol. The molecule has 2 nitrogen and oxygen atoms in total. The van der Waals surface area contributed by atoms with Crippen molar-refractivity contribution in [1.82, 2.24) is 5.32 Å². The van der Waals surface area contributed by atoms with Gasteiger partial charge in [0.25, 0.3) is 0 Å². The topological polar surface area (TPSA) is 21.3 Å². The summed E-state index contributed by atoms with van der Waals surface area (Å²) in [6.45, 7) is 10.9. The Morgan fingerprint density at radius 3 is 2.29 bits per heavy atom. The van der Waals surface area contributed by atoms with Crippen molar-refractivity contribution < 1.29 is 4.74 Å². The first-order valence-corrected chi connectivity index (χ1v) is 6.00. The largest absolute Gasteiger partial charge is 0.366 e. The molecule has 1 fully saturated rings. The molecular formula is C12H25NO. The Bertz CT molecular complexity index is 173. The fourth-order valence-corrected chi connectivity index (χ4v) is 2.46. The van der Waals surface area contributed by atoms with Gasteiger partial charge in [-0.2, -0.15) is 0 Å². The van der Waals surface area contributed by atoms with Crippen molar-refractivity contribution in [1.29, 1.82) is 0 Å². The van der Waals surface area contributed by atoms with Gasteiger partial charge in [0, 0.05) is 13.1 Å². The molecule has 0 radical (unpaired) electrons. The Kier molecular flexibility index (Phi) is 3.96. The summed E-state index contributed by atoms with van der Waals surface area (Å²) >= 11 is 0. The lowest BCUT2D eigenvalue weighted by atomic mass is 9.89. The van der Waals surface area contributed by atoms with Gasteiger partial charge in [0.2, 0.25) is 0 Å². The van der Waals surface area contributed by atoms with E-state index in [0.29, 0.717) is 0 Å². The summed E-state index contributed by atoms with van der Waals surface area (Å²) in [6.07, 6.45) is 4.56. The third-order valence-corrected chi connectivity index (χ3v) is 3.48. The van der Waals surface area contributed by atoms with Gasteiger partial charge in [-0.1, -0.05) is 27.2 Å². The van der Waals surface area contributed by atoms with Crippen LogP contribution in [0.4, 0.5) is 0 Å². The standard InChI is InChI=1S/C12H25NO/c1-5-8-11(4)9-13-10-12(6-2,7-3)14-11/h13H,5-10H2,1-4H3. The summed E-state index contributed by atoms with van der Waals surface area (Å²) in [5, 5.41) is 3.53. The van der Waals surface area contributed by atoms with Crippen LogP contribution in [-0.2, 0) is 4.74 Å². The van der Waals surface area contributed by atoms with Crippen LogP contribution in [0.2, 0.25) is 0 Å². The molecule has 0 saturated carbocycles. The molecule has 0 bridgehead atoms. The lowest BCUT2D eigenvalue weighted by molar-refractivity contribution is -0.176. The molecule has 0 aromatic rings. The predicted molar refractivity (Wildman–Crippen MR) is 60.6 cm³/mol. The molecule has 14 heavy (non-hydrogen) atoms. The first-order chi connectivity index (χ1) is 6.60. The molecule has 2 heteroatoms. The van der Waals surface area contributed by atoms with Crippen LogP contribution >= 0.6 is 0 Å². The van der Waals surface area contributed by atoms with E-state index in [2.05, 4.69) is 33.0 Å². The molecule has 1 aliphatic rings. The van der Waals surface area contributed by atoms with Crippen molar-refractivity contribution in [2.75, 3.05) is 13.1 Å². The van der Waals surface area contributed by atoms with Gasteiger partial charge >= 0.3 is 0 Å². The van der Waals surface area contributed by atoms with Gasteiger partial charge in [0.05, 0.1) is 11.2 Å². The first-order valence-electron chi connectivity index (χ1n) is 6.00. The average molecular weight is 199 g/mol. The van der Waals surface area contributed by atoms with Gasteiger partial charge in [-0.05, 0) is 26.2 Å². The van der Waals surface area contributed by atoms with Crippen molar-refractivity contribution >= 4 is 0 Å². The van der Waals surface area contributed by atoms with Crippen LogP contribution in [0.3, 0.4) is 0 Å². The number of hydrogen-bond donors (Lipinski definition) is 1. The number of rotatable bonds is 4. The smallest absolute Gasteiger partial charge is 0.0809 e. The maximum Gasteiger partial charge on any atom is 0.0809 e. The molecule has 0 amide bonds. The van der Waals surface area contributed by atoms with Crippen LogP contribution in [0.25, 0.3) is 0 Å². The van der Waals surface area contributed by atoms with Gasteiger partial charge in [0.1, 0.15) is 0 Å². The fourth-order valence-electron chi connectivity index (χ4n) is 2.46. The Balaban J connectivity index is 2.66. The number of ether oxygens (including phenoxy) is 1. The molecule has 0 aromatic carbocycles. The second-order valence-electron chi connectivity index (χ2n) is 4.80. The molecule has 0 aliphatic carbocycles. The monoisotopic (exact) mass is 199 g/mol. The maximum absolute atomic E-state index is 6.34. The first kappa shape index (κ1) is 12.0. The Morgan fingerprint density at radius 2 is 1.79 bits per heavy atom. The summed E-state index contributed by atoms with van der Waals surface area (Å²) in [5.41, 5.74) is 0.140. The zero-order valence-corrected chi connectivity index (χ0v) is 10.2. The van der Waals surface area contributed by atoms with Gasteiger partial charge in [0.15, 0.2) is 0 Å². The van der Waals surface area contributed by atoms with Gasteiger partial charge in [-0.15, -0.1) is 0 Å². The highest BCUT2D eigenvalue weighted by atomic mass is 16.5. The van der Waals surface area contributed by atoms with E-state index in [1.165, 1.54) is 6.42 Å². The van der Waals surface area contributed by atoms with Crippen LogP contribution in [0.5, 0.6) is 0 Å². The molecule has 1 rings (SSSR count). The molecule has 0 aromatic heterocycles. The molecule has 84 valence electrons. The number of hydrogen-bond acceptors (Lipinski definition) is 2. The van der Waals surface area contributed by atoms with Crippen molar-refractivity contribution in [3.8, 4) is 0 Å². The highest BCUT2D eigenvalue weighted by Gasteiger charge is 2.40. The van der Waals surface area contributed by atoms with E-state index in [4.69, 9.17) is 4.74 Å². The SMILES string of the molecule is CCCC1(C)CNCC(CC)(CC)O1. The Hall–Kier alpha value is -0.0800. The van der Waals surface area contributed by atoms with Crippen LogP contribution in [0.15, 0.2) is 0 Å². The summed E-state index contributed by atoms with van der Waals surface area (Å²) in [5.74, 6) is 0. The minimum Gasteiger partial charge on any atom is -0.366 e. The van der Waals surface area contributed by atoms with Crippen LogP contribution in [-0.4, -0.2) is 24.3 Å². The number of morpholine rings is 1. The zero-order chi connectivity index (χ0) is 10.7. The minimum atomic E-state index is 0.0546. The second-order valence-corrected chi connectivity index (χ2v) is 4.80. The van der Waals surface area contributed by atoms with E-state index in [-0.39, 0.29) is 11.2 Å². The minimum absolute atomic E-state index is 0.0546. The highest BCUT2D eigenvalue weighted by Crippen LogP contribution is 2.32. The van der Waals surface area contributed by atoms with E-state index in [0.717, 1.165) is 32.4 Å². The normalized spacial score (nSPS) is 31.7. The van der Waals surface area contributed by atoms with E-state index in [1.54, 1.807) is 0 Å². The summed E-state index contributed by atoms with van der Waals surface area (Å²) in [6, 6.07) is 0. The van der Waals surface area contributed by atoms with Crippen molar-refractivity contribution in [3.05, 3.63) is 0 Å². The quantitative estimate of drug-likeness (QED) is 0.751. The van der Waals surface area contributed by atoms with Crippen molar-refractivity contribution in [3.63, 3.8) is 0 Å². The lowest BCUT2D eigenvalue weighted by Gasteiger charge is -2.47. The molecule has 0 spiro atoms. The lowest BCUT2D eigenvalue weighted by Crippen LogP contribution is -2.58. The molecule has 1 N–H and O–H groups in total. The molecule has 1 heterocycles. The van der Waals surface area contributed by atoms with Gasteiger partial charge < -0.3 is 10.1 Å². The average Bonchev–Trinajstić information content (AvgIpc) is 2.17. The predicted octanol–water partition coefficient (Wildman–Crippen LogP) is 2.72. The third kappa shape index (κ3) is 2.48. The molecule has 1 unspecified atom stereocenters. The summed E-state index contributed by atoms with van der Waals surface area (Å²) in [7, 11) is 0. The fraction of sp³-hybridized carbons (Fsp3) is 1.00. The van der Waals surface area contributed by atoms with Crippen molar-refractivity contribution in [2.45, 2.75) is 64.6 Å². The summed E-state index contributed by atoms with van der Waals surface area (Å²) in [4.78, 5) is 0. The third-order valence-electron chi connectivity index (χ3n) is 3.48. The maximum atomic E-state index is 6.34. The van der Waals surface area contributed by atoms with Crippen LogP contribution < -0.4 is 5.32 Å². The molecule has 1 atom stereocenters. The second kappa shape index (κ2) is 4.63. The molecule has 1 aliphatic heterocycles. The van der Waals surface area contributed by atoms with E-state index >= 15 is 0 Å². The highest BCUT2D eigenvalue weighted by molar-refractivity contribution is 4.93. The van der Waals surface area contributed by atoms with E-state index < -0.39 is 0 Å². The summed E-state index contributed by atoms with van der Waals surface area (Å²) < 4.78 is 6.34. The van der Waals surface area contributed by atoms with Gasteiger partial charge in [-0.25, -0.2) is 0 Å². The Labute approximate surface area is 88.4 Å². The van der Waals surface area contributed by atoms with Crippen LogP contribution in [0, 0.1) is 0 Å². The molecule has 1 saturated heterocycles. The van der Waals surface area contributed by atoms with Gasteiger partial charge in [-0.3, -0.25) is 0 Å². The van der Waals surface area contributed by atoms with Crippen LogP contribution in [0.1, 0.15) is 53.4 Å². The van der Waals surface area contributed by atoms with Crippen molar-refractivity contribution in [2.24, 2.45) is 0 Å². The zero-order valence-electron chi connectivity index (χ0n) is 10.2.